The lowest BCUT2D eigenvalue weighted by Crippen LogP contribution is -2.43. The molecule has 1 fully saturated rings. The van der Waals surface area contributed by atoms with Crippen LogP contribution in [-0.2, 0) is 11.3 Å². The van der Waals surface area contributed by atoms with Crippen LogP contribution in [0, 0.1) is 5.41 Å². The SMILES string of the molecule is CCCC1(C(=O)N(C)Cc2ccc(Cl)c(Cl)c2)CCNC1. The number of benzene rings is 1. The van der Waals surface area contributed by atoms with Crippen LogP contribution in [0.1, 0.15) is 31.7 Å². The van der Waals surface area contributed by atoms with Crippen LogP contribution in [0.4, 0.5) is 0 Å². The van der Waals surface area contributed by atoms with E-state index in [0.29, 0.717) is 16.6 Å². The quantitative estimate of drug-likeness (QED) is 0.893. The van der Waals surface area contributed by atoms with Gasteiger partial charge in [-0.1, -0.05) is 42.6 Å². The second-order valence-corrected chi connectivity index (χ2v) is 6.68. The first kappa shape index (κ1) is 16.6. The van der Waals surface area contributed by atoms with Crippen molar-refractivity contribution in [2.24, 2.45) is 5.41 Å². The van der Waals surface area contributed by atoms with Gasteiger partial charge in [0.25, 0.3) is 0 Å². The first-order valence-corrected chi connectivity index (χ1v) is 8.14. The summed E-state index contributed by atoms with van der Waals surface area (Å²) < 4.78 is 0. The van der Waals surface area contributed by atoms with Gasteiger partial charge in [0.1, 0.15) is 0 Å². The van der Waals surface area contributed by atoms with Crippen molar-refractivity contribution in [2.45, 2.75) is 32.7 Å². The van der Waals surface area contributed by atoms with Gasteiger partial charge in [0.2, 0.25) is 5.91 Å². The monoisotopic (exact) mass is 328 g/mol. The Morgan fingerprint density at radius 3 is 2.71 bits per heavy atom. The third-order valence-corrected chi connectivity index (χ3v) is 4.92. The fraction of sp³-hybridized carbons (Fsp3) is 0.562. The van der Waals surface area contributed by atoms with Crippen molar-refractivity contribution in [3.63, 3.8) is 0 Å². The number of nitrogens with zero attached hydrogens (tertiary/aromatic N) is 1. The van der Waals surface area contributed by atoms with Crippen LogP contribution in [0.3, 0.4) is 0 Å². The van der Waals surface area contributed by atoms with E-state index in [1.807, 2.05) is 24.1 Å². The Morgan fingerprint density at radius 1 is 1.38 bits per heavy atom. The maximum absolute atomic E-state index is 12.8. The summed E-state index contributed by atoms with van der Waals surface area (Å²) in [5.74, 6) is 0.223. The molecule has 2 rings (SSSR count). The number of carbonyl (C=O) groups excluding carboxylic acids is 1. The molecule has 116 valence electrons. The Bertz CT molecular complexity index is 513. The minimum Gasteiger partial charge on any atom is -0.341 e. The molecular weight excluding hydrogens is 307 g/mol. The molecule has 1 amide bonds. The van der Waals surface area contributed by atoms with E-state index in [9.17, 15) is 4.79 Å². The summed E-state index contributed by atoms with van der Waals surface area (Å²) >= 11 is 12.0. The molecule has 1 aliphatic heterocycles. The summed E-state index contributed by atoms with van der Waals surface area (Å²) in [7, 11) is 1.86. The van der Waals surface area contributed by atoms with E-state index in [-0.39, 0.29) is 11.3 Å². The zero-order chi connectivity index (χ0) is 15.5. The minimum atomic E-state index is -0.236. The highest BCUT2D eigenvalue weighted by Crippen LogP contribution is 2.33. The molecule has 0 saturated carbocycles. The fourth-order valence-electron chi connectivity index (χ4n) is 3.11. The van der Waals surface area contributed by atoms with Crippen LogP contribution in [0.2, 0.25) is 10.0 Å². The summed E-state index contributed by atoms with van der Waals surface area (Å²) in [4.78, 5) is 14.6. The average molecular weight is 329 g/mol. The van der Waals surface area contributed by atoms with Gasteiger partial charge < -0.3 is 10.2 Å². The molecule has 1 aromatic rings. The standard InChI is InChI=1S/C16H22Cl2N2O/c1-3-6-16(7-8-19-11-16)15(21)20(2)10-12-4-5-13(17)14(18)9-12/h4-5,9,19H,3,6-8,10-11H2,1-2H3. The Kier molecular flexibility index (Phi) is 5.53. The van der Waals surface area contributed by atoms with E-state index in [2.05, 4.69) is 12.2 Å². The Balaban J connectivity index is 2.09. The summed E-state index contributed by atoms with van der Waals surface area (Å²) in [6.45, 7) is 4.39. The first-order valence-electron chi connectivity index (χ1n) is 7.39. The Hall–Kier alpha value is -0.770. The first-order chi connectivity index (χ1) is 9.98. The predicted octanol–water partition coefficient (Wildman–Crippen LogP) is 3.73. The maximum Gasteiger partial charge on any atom is 0.230 e. The van der Waals surface area contributed by atoms with Gasteiger partial charge in [0.05, 0.1) is 15.5 Å². The number of hydrogen-bond donors (Lipinski definition) is 1. The molecule has 1 heterocycles. The molecule has 0 aromatic heterocycles. The molecule has 0 aliphatic carbocycles. The smallest absolute Gasteiger partial charge is 0.230 e. The Labute approximate surface area is 136 Å². The molecule has 0 radical (unpaired) electrons. The van der Waals surface area contributed by atoms with Crippen molar-refractivity contribution < 1.29 is 4.79 Å². The number of amides is 1. The molecule has 3 nitrogen and oxygen atoms in total. The van der Waals surface area contributed by atoms with Crippen LogP contribution in [0.15, 0.2) is 18.2 Å². The van der Waals surface area contributed by atoms with E-state index >= 15 is 0 Å². The van der Waals surface area contributed by atoms with Gasteiger partial charge in [-0.25, -0.2) is 0 Å². The molecule has 1 atom stereocenters. The molecule has 21 heavy (non-hydrogen) atoms. The molecule has 1 unspecified atom stereocenters. The molecule has 0 bridgehead atoms. The van der Waals surface area contributed by atoms with Gasteiger partial charge in [-0.3, -0.25) is 4.79 Å². The maximum atomic E-state index is 12.8. The van der Waals surface area contributed by atoms with Gasteiger partial charge in [-0.15, -0.1) is 0 Å². The topological polar surface area (TPSA) is 32.3 Å². The highest BCUT2D eigenvalue weighted by molar-refractivity contribution is 6.42. The minimum absolute atomic E-state index is 0.223. The average Bonchev–Trinajstić information content (AvgIpc) is 2.92. The predicted molar refractivity (Wildman–Crippen MR) is 87.8 cm³/mol. The van der Waals surface area contributed by atoms with Crippen molar-refractivity contribution >= 4 is 29.1 Å². The van der Waals surface area contributed by atoms with E-state index in [0.717, 1.165) is 37.9 Å². The van der Waals surface area contributed by atoms with E-state index in [4.69, 9.17) is 23.2 Å². The van der Waals surface area contributed by atoms with Crippen LogP contribution >= 0.6 is 23.2 Å². The van der Waals surface area contributed by atoms with E-state index in [1.54, 1.807) is 6.07 Å². The highest BCUT2D eigenvalue weighted by Gasteiger charge is 2.41. The second kappa shape index (κ2) is 6.99. The lowest BCUT2D eigenvalue weighted by Gasteiger charge is -2.31. The summed E-state index contributed by atoms with van der Waals surface area (Å²) in [6.07, 6.45) is 2.88. The molecule has 1 N–H and O–H groups in total. The zero-order valence-electron chi connectivity index (χ0n) is 12.6. The zero-order valence-corrected chi connectivity index (χ0v) is 14.1. The molecule has 0 spiro atoms. The third-order valence-electron chi connectivity index (χ3n) is 4.18. The Morgan fingerprint density at radius 2 is 2.14 bits per heavy atom. The summed E-state index contributed by atoms with van der Waals surface area (Å²) in [5.41, 5.74) is 0.762. The van der Waals surface area contributed by atoms with Crippen LogP contribution in [0.5, 0.6) is 0 Å². The fourth-order valence-corrected chi connectivity index (χ4v) is 3.43. The molecular formula is C16H22Cl2N2O. The molecule has 1 aliphatic rings. The molecule has 1 saturated heterocycles. The van der Waals surface area contributed by atoms with Crippen molar-refractivity contribution in [1.82, 2.24) is 10.2 Å². The van der Waals surface area contributed by atoms with Crippen LogP contribution < -0.4 is 5.32 Å². The molecule has 1 aromatic carbocycles. The third kappa shape index (κ3) is 3.71. The van der Waals surface area contributed by atoms with Gasteiger partial charge in [-0.05, 0) is 37.1 Å². The summed E-state index contributed by atoms with van der Waals surface area (Å²) in [6, 6.07) is 5.51. The van der Waals surface area contributed by atoms with Crippen molar-refractivity contribution in [3.8, 4) is 0 Å². The van der Waals surface area contributed by atoms with Gasteiger partial charge in [0, 0.05) is 20.1 Å². The number of hydrogen-bond acceptors (Lipinski definition) is 2. The van der Waals surface area contributed by atoms with Crippen molar-refractivity contribution in [2.75, 3.05) is 20.1 Å². The van der Waals surface area contributed by atoms with Crippen molar-refractivity contribution in [1.29, 1.82) is 0 Å². The van der Waals surface area contributed by atoms with Crippen LogP contribution in [0.25, 0.3) is 0 Å². The lowest BCUT2D eigenvalue weighted by atomic mass is 9.81. The van der Waals surface area contributed by atoms with E-state index < -0.39 is 0 Å². The summed E-state index contributed by atoms with van der Waals surface area (Å²) in [5, 5.41) is 4.40. The number of halogens is 2. The number of carbonyl (C=O) groups is 1. The number of rotatable bonds is 5. The van der Waals surface area contributed by atoms with Gasteiger partial charge in [-0.2, -0.15) is 0 Å². The lowest BCUT2D eigenvalue weighted by molar-refractivity contribution is -0.140. The van der Waals surface area contributed by atoms with Gasteiger partial charge in [0.15, 0.2) is 0 Å². The van der Waals surface area contributed by atoms with Gasteiger partial charge >= 0.3 is 0 Å². The normalized spacial score (nSPS) is 21.5. The second-order valence-electron chi connectivity index (χ2n) is 5.87. The highest BCUT2D eigenvalue weighted by atomic mass is 35.5. The number of nitrogens with one attached hydrogen (secondary N) is 1. The van der Waals surface area contributed by atoms with E-state index in [1.165, 1.54) is 0 Å². The van der Waals surface area contributed by atoms with Crippen LogP contribution in [-0.4, -0.2) is 30.9 Å². The largest absolute Gasteiger partial charge is 0.341 e. The molecule has 5 heteroatoms. The van der Waals surface area contributed by atoms with Crippen molar-refractivity contribution in [3.05, 3.63) is 33.8 Å².